The molecule has 0 aliphatic carbocycles. The second-order valence-electron chi connectivity index (χ2n) is 5.70. The van der Waals surface area contributed by atoms with Crippen LogP contribution in [0.1, 0.15) is 33.3 Å². The van der Waals surface area contributed by atoms with Gasteiger partial charge in [0.2, 0.25) is 0 Å². The van der Waals surface area contributed by atoms with Crippen molar-refractivity contribution < 1.29 is 0 Å². The summed E-state index contributed by atoms with van der Waals surface area (Å²) < 4.78 is 1.31. The molecule has 0 bridgehead atoms. The molecule has 0 saturated heterocycles. The minimum absolute atomic E-state index is 0.352. The summed E-state index contributed by atoms with van der Waals surface area (Å²) in [5.74, 6) is 0.683. The van der Waals surface area contributed by atoms with Crippen LogP contribution in [0.2, 0.25) is 0 Å². The first-order valence-corrected chi connectivity index (χ1v) is 7.46. The number of benzene rings is 1. The molecule has 1 aromatic rings. The van der Waals surface area contributed by atoms with Crippen molar-refractivity contribution in [3.63, 3.8) is 0 Å². The average Bonchev–Trinajstić information content (AvgIpc) is 2.25. The second-order valence-corrected chi connectivity index (χ2v) is 6.95. The Morgan fingerprint density at radius 1 is 1.18 bits per heavy atom. The molecule has 2 heteroatoms. The van der Waals surface area contributed by atoms with Gasteiger partial charge in [0, 0.05) is 3.57 Å². The van der Waals surface area contributed by atoms with Gasteiger partial charge in [-0.1, -0.05) is 39.8 Å². The fourth-order valence-electron chi connectivity index (χ4n) is 1.91. The fourth-order valence-corrected chi connectivity index (χ4v) is 2.27. The molecule has 1 nitrogen and oxygen atoms in total. The van der Waals surface area contributed by atoms with Gasteiger partial charge in [0.05, 0.1) is 0 Å². The maximum Gasteiger partial charge on any atom is 0.0130 e. The number of halogens is 1. The van der Waals surface area contributed by atoms with Crippen LogP contribution >= 0.6 is 22.6 Å². The molecule has 0 aromatic heterocycles. The maximum absolute atomic E-state index is 3.49. The van der Waals surface area contributed by atoms with Crippen LogP contribution < -0.4 is 5.32 Å². The third-order valence-corrected chi connectivity index (χ3v) is 3.98. The molecule has 0 radical (unpaired) electrons. The lowest BCUT2D eigenvalue weighted by Crippen LogP contribution is -2.33. The highest BCUT2D eigenvalue weighted by atomic mass is 127. The van der Waals surface area contributed by atoms with E-state index in [4.69, 9.17) is 0 Å². The summed E-state index contributed by atoms with van der Waals surface area (Å²) >= 11 is 2.36. The Bertz CT molecular complexity index is 324. The average molecular weight is 345 g/mol. The van der Waals surface area contributed by atoms with Crippen molar-refractivity contribution in [2.45, 2.75) is 34.1 Å². The van der Waals surface area contributed by atoms with Gasteiger partial charge in [0.25, 0.3) is 0 Å². The zero-order chi connectivity index (χ0) is 12.9. The molecular weight excluding hydrogens is 321 g/mol. The first-order chi connectivity index (χ1) is 7.93. The molecular formula is C15H24IN. The quantitative estimate of drug-likeness (QED) is 0.792. The largest absolute Gasteiger partial charge is 0.317 e. The van der Waals surface area contributed by atoms with Gasteiger partial charge in [0.15, 0.2) is 0 Å². The summed E-state index contributed by atoms with van der Waals surface area (Å²) in [4.78, 5) is 0. The monoisotopic (exact) mass is 345 g/mol. The van der Waals surface area contributed by atoms with Crippen LogP contribution in [0, 0.1) is 14.9 Å². The van der Waals surface area contributed by atoms with Crippen LogP contribution in [0.3, 0.4) is 0 Å². The van der Waals surface area contributed by atoms with Crippen molar-refractivity contribution in [3.8, 4) is 0 Å². The van der Waals surface area contributed by atoms with Gasteiger partial charge in [-0.15, -0.1) is 0 Å². The molecule has 0 aliphatic rings. The SMILES string of the molecule is CCNCC(Cc1ccc(I)cc1)C(C)(C)C. The summed E-state index contributed by atoms with van der Waals surface area (Å²) in [6, 6.07) is 8.91. The van der Waals surface area contributed by atoms with E-state index in [1.165, 1.54) is 9.13 Å². The number of hydrogen-bond acceptors (Lipinski definition) is 1. The standard InChI is InChI=1S/C15H24IN/c1-5-17-11-13(15(2,3)4)10-12-6-8-14(16)9-7-12/h6-9,13,17H,5,10-11H2,1-4H3. The van der Waals surface area contributed by atoms with Crippen molar-refractivity contribution in [1.82, 2.24) is 5.32 Å². The summed E-state index contributed by atoms with van der Waals surface area (Å²) in [6.45, 7) is 11.3. The second kappa shape index (κ2) is 6.74. The van der Waals surface area contributed by atoms with Crippen molar-refractivity contribution in [2.24, 2.45) is 11.3 Å². The Kier molecular flexibility index (Phi) is 5.93. The lowest BCUT2D eigenvalue weighted by Gasteiger charge is -2.31. The molecule has 1 atom stereocenters. The van der Waals surface area contributed by atoms with E-state index in [2.05, 4.69) is 79.9 Å². The molecule has 0 heterocycles. The Morgan fingerprint density at radius 3 is 2.24 bits per heavy atom. The van der Waals surface area contributed by atoms with Crippen LogP contribution in [0.5, 0.6) is 0 Å². The first-order valence-electron chi connectivity index (χ1n) is 6.38. The van der Waals surface area contributed by atoms with Crippen LogP contribution in [0.4, 0.5) is 0 Å². The Morgan fingerprint density at radius 2 is 1.76 bits per heavy atom. The van der Waals surface area contributed by atoms with E-state index in [1.54, 1.807) is 0 Å². The molecule has 96 valence electrons. The molecule has 0 fully saturated rings. The summed E-state index contributed by atoms with van der Waals surface area (Å²) in [6.07, 6.45) is 1.16. The van der Waals surface area contributed by atoms with E-state index < -0.39 is 0 Å². The van der Waals surface area contributed by atoms with E-state index in [-0.39, 0.29) is 0 Å². The van der Waals surface area contributed by atoms with Crippen LogP contribution in [-0.2, 0) is 6.42 Å². The Labute approximate surface area is 120 Å². The van der Waals surface area contributed by atoms with E-state index >= 15 is 0 Å². The predicted molar refractivity (Wildman–Crippen MR) is 84.4 cm³/mol. The summed E-state index contributed by atoms with van der Waals surface area (Å²) in [7, 11) is 0. The molecule has 1 unspecified atom stereocenters. The summed E-state index contributed by atoms with van der Waals surface area (Å²) in [5, 5.41) is 3.49. The van der Waals surface area contributed by atoms with Crippen molar-refractivity contribution in [3.05, 3.63) is 33.4 Å². The minimum Gasteiger partial charge on any atom is -0.317 e. The maximum atomic E-state index is 3.49. The lowest BCUT2D eigenvalue weighted by atomic mass is 9.77. The minimum atomic E-state index is 0.352. The zero-order valence-corrected chi connectivity index (χ0v) is 13.5. The van der Waals surface area contributed by atoms with Crippen LogP contribution in [0.25, 0.3) is 0 Å². The van der Waals surface area contributed by atoms with Gasteiger partial charge >= 0.3 is 0 Å². The van der Waals surface area contributed by atoms with E-state index in [0.29, 0.717) is 11.3 Å². The van der Waals surface area contributed by atoms with Crippen molar-refractivity contribution in [2.75, 3.05) is 13.1 Å². The molecule has 17 heavy (non-hydrogen) atoms. The van der Waals surface area contributed by atoms with Gasteiger partial charge in [-0.2, -0.15) is 0 Å². The number of rotatable bonds is 5. The lowest BCUT2D eigenvalue weighted by molar-refractivity contribution is 0.232. The van der Waals surface area contributed by atoms with Gasteiger partial charge < -0.3 is 5.32 Å². The highest BCUT2D eigenvalue weighted by Crippen LogP contribution is 2.28. The van der Waals surface area contributed by atoms with Crippen LogP contribution in [-0.4, -0.2) is 13.1 Å². The highest BCUT2D eigenvalue weighted by molar-refractivity contribution is 14.1. The Balaban J connectivity index is 2.68. The molecule has 0 aliphatic heterocycles. The van der Waals surface area contributed by atoms with Crippen molar-refractivity contribution in [1.29, 1.82) is 0 Å². The third kappa shape index (κ3) is 5.38. The van der Waals surface area contributed by atoms with Gasteiger partial charge in [-0.25, -0.2) is 0 Å². The smallest absolute Gasteiger partial charge is 0.0130 e. The first kappa shape index (κ1) is 15.0. The van der Waals surface area contributed by atoms with Gasteiger partial charge in [-0.3, -0.25) is 0 Å². The molecule has 1 aromatic carbocycles. The van der Waals surface area contributed by atoms with Crippen molar-refractivity contribution >= 4 is 22.6 Å². The van der Waals surface area contributed by atoms with E-state index in [1.807, 2.05) is 0 Å². The van der Waals surface area contributed by atoms with Gasteiger partial charge in [-0.05, 0) is 71.1 Å². The van der Waals surface area contributed by atoms with E-state index in [0.717, 1.165) is 19.5 Å². The highest BCUT2D eigenvalue weighted by Gasteiger charge is 2.24. The predicted octanol–water partition coefficient (Wildman–Crippen LogP) is 4.11. The topological polar surface area (TPSA) is 12.0 Å². The molecule has 1 rings (SSSR count). The molecule has 0 amide bonds. The summed E-state index contributed by atoms with van der Waals surface area (Å²) in [5.41, 5.74) is 1.80. The number of nitrogens with one attached hydrogen (secondary N) is 1. The molecule has 1 N–H and O–H groups in total. The number of hydrogen-bond donors (Lipinski definition) is 1. The Hall–Kier alpha value is -0.0900. The van der Waals surface area contributed by atoms with Gasteiger partial charge in [0.1, 0.15) is 0 Å². The normalized spacial score (nSPS) is 13.7. The van der Waals surface area contributed by atoms with Crippen LogP contribution in [0.15, 0.2) is 24.3 Å². The third-order valence-electron chi connectivity index (χ3n) is 3.26. The zero-order valence-electron chi connectivity index (χ0n) is 11.4. The molecule has 0 saturated carbocycles. The fraction of sp³-hybridized carbons (Fsp3) is 0.600. The van der Waals surface area contributed by atoms with E-state index in [9.17, 15) is 0 Å². The molecule has 0 spiro atoms.